The largest absolute Gasteiger partial charge is 0.492 e. The maximum atomic E-state index is 14.0. The normalized spacial score (nSPS) is 14.4. The summed E-state index contributed by atoms with van der Waals surface area (Å²) in [7, 11) is -5.45. The quantitative estimate of drug-likeness (QED) is 0.201. The van der Waals surface area contributed by atoms with E-state index in [0.29, 0.717) is 44.0 Å². The predicted molar refractivity (Wildman–Crippen MR) is 170 cm³/mol. The smallest absolute Gasteiger partial charge is 0.382 e. The van der Waals surface area contributed by atoms with Crippen molar-refractivity contribution in [2.24, 2.45) is 0 Å². The second-order valence-electron chi connectivity index (χ2n) is 10.1. The van der Waals surface area contributed by atoms with Gasteiger partial charge in [0.15, 0.2) is 5.78 Å². The molecular formula is C30H33N3O8S3. The van der Waals surface area contributed by atoms with E-state index < -0.39 is 20.6 Å². The fraction of sp³-hybridized carbons (Fsp3) is 0.300. The van der Waals surface area contributed by atoms with Crippen molar-refractivity contribution in [1.82, 2.24) is 14.3 Å². The Balaban J connectivity index is 1.44. The maximum absolute atomic E-state index is 14.0. The number of piperidine rings is 1. The van der Waals surface area contributed by atoms with Crippen molar-refractivity contribution in [2.45, 2.75) is 19.3 Å². The van der Waals surface area contributed by atoms with E-state index >= 15 is 0 Å². The van der Waals surface area contributed by atoms with Gasteiger partial charge in [-0.15, -0.1) is 11.3 Å². The van der Waals surface area contributed by atoms with Crippen LogP contribution in [0.3, 0.4) is 0 Å². The molecule has 2 N–H and O–H groups in total. The predicted octanol–water partition coefficient (Wildman–Crippen LogP) is 4.35. The van der Waals surface area contributed by atoms with Crippen molar-refractivity contribution in [3.63, 3.8) is 0 Å². The van der Waals surface area contributed by atoms with Crippen LogP contribution in [0.4, 0.5) is 0 Å². The Morgan fingerprint density at radius 3 is 2.02 bits per heavy atom. The first kappa shape index (κ1) is 31.9. The Labute approximate surface area is 261 Å². The lowest BCUT2D eigenvalue weighted by molar-refractivity contribution is 0.104. The summed E-state index contributed by atoms with van der Waals surface area (Å²) >= 11 is 1.28. The number of ether oxygens (including phenoxy) is 1. The van der Waals surface area contributed by atoms with Gasteiger partial charge in [-0.2, -0.15) is 26.3 Å². The third kappa shape index (κ3) is 7.75. The molecule has 0 aliphatic carbocycles. The average molecular weight is 660 g/mol. The molecule has 3 aromatic carbocycles. The fourth-order valence-corrected chi connectivity index (χ4v) is 7.00. The number of benzene rings is 3. The van der Waals surface area contributed by atoms with Crippen LogP contribution in [-0.4, -0.2) is 67.9 Å². The molecule has 0 amide bonds. The molecule has 0 spiro atoms. The number of carbonyl (C=O) groups excluding carboxylic acids is 1. The molecule has 4 aromatic rings. The second-order valence-corrected chi connectivity index (χ2v) is 14.1. The zero-order valence-corrected chi connectivity index (χ0v) is 26.7. The number of nitrogens with one attached hydrogen (secondary N) is 2. The number of nitrogens with zero attached hydrogens (tertiary/aromatic N) is 1. The molecule has 1 aliphatic heterocycles. The van der Waals surface area contributed by atoms with Crippen LogP contribution >= 0.6 is 11.3 Å². The van der Waals surface area contributed by atoms with E-state index in [4.69, 9.17) is 13.1 Å². The van der Waals surface area contributed by atoms with E-state index in [2.05, 4.69) is 14.3 Å². The second kappa shape index (κ2) is 13.6. The summed E-state index contributed by atoms with van der Waals surface area (Å²) in [5, 5.41) is 0.615. The van der Waals surface area contributed by atoms with Crippen molar-refractivity contribution in [2.75, 3.05) is 40.3 Å². The Kier molecular flexibility index (Phi) is 9.87. The van der Waals surface area contributed by atoms with Gasteiger partial charge in [0.25, 0.3) is 0 Å². The van der Waals surface area contributed by atoms with Gasteiger partial charge in [-0.05, 0) is 98.2 Å². The van der Waals surface area contributed by atoms with E-state index in [-0.39, 0.29) is 17.3 Å². The number of likely N-dealkylation sites (tertiary alicyclic amines) is 1. The summed E-state index contributed by atoms with van der Waals surface area (Å²) in [5.41, 5.74) is 1.52. The summed E-state index contributed by atoms with van der Waals surface area (Å²) in [5.74, 6) is 0.626. The highest BCUT2D eigenvalue weighted by molar-refractivity contribution is 7.85. The first-order valence-corrected chi connectivity index (χ1v) is 17.6. The molecule has 1 fully saturated rings. The van der Waals surface area contributed by atoms with Crippen LogP contribution in [0.2, 0.25) is 0 Å². The third-order valence-electron chi connectivity index (χ3n) is 7.16. The number of hydrogen-bond donors (Lipinski definition) is 2. The zero-order chi connectivity index (χ0) is 31.3. The van der Waals surface area contributed by atoms with Crippen LogP contribution < -0.4 is 22.5 Å². The van der Waals surface area contributed by atoms with Crippen LogP contribution in [0.5, 0.6) is 17.2 Å². The van der Waals surface area contributed by atoms with Crippen LogP contribution in [-0.2, 0) is 20.6 Å². The Bertz CT molecular complexity index is 1830. The maximum Gasteiger partial charge on any atom is 0.382 e. The Morgan fingerprint density at radius 2 is 1.39 bits per heavy atom. The van der Waals surface area contributed by atoms with Crippen LogP contribution in [0.15, 0.2) is 66.7 Å². The van der Waals surface area contributed by atoms with Gasteiger partial charge < -0.3 is 13.1 Å². The fourth-order valence-electron chi connectivity index (χ4n) is 4.88. The van der Waals surface area contributed by atoms with Crippen LogP contribution in [0, 0.1) is 0 Å². The lowest BCUT2D eigenvalue weighted by atomic mass is 9.97. The van der Waals surface area contributed by atoms with Crippen LogP contribution in [0.25, 0.3) is 20.5 Å². The van der Waals surface area contributed by atoms with Gasteiger partial charge in [0.05, 0.1) is 0 Å². The summed E-state index contributed by atoms with van der Waals surface area (Å²) in [6.07, 6.45) is 3.72. The SMILES string of the molecule is CNS(=O)(=O)Oc1ccc(-c2sc3cc(OS(=O)(=O)NC)ccc3c2C(=O)c2ccc(OCCN3CCCCC3)cc2)cc1. The van der Waals surface area contributed by atoms with Gasteiger partial charge in [-0.3, -0.25) is 9.69 Å². The highest BCUT2D eigenvalue weighted by Gasteiger charge is 2.23. The molecule has 5 rings (SSSR count). The average Bonchev–Trinajstić information content (AvgIpc) is 3.40. The van der Waals surface area contributed by atoms with Gasteiger partial charge in [0.2, 0.25) is 0 Å². The number of ketones is 1. The van der Waals surface area contributed by atoms with E-state index in [1.54, 1.807) is 48.5 Å². The summed E-state index contributed by atoms with van der Waals surface area (Å²) in [6.45, 7) is 3.61. The third-order valence-corrected chi connectivity index (χ3v) is 10.2. The minimum absolute atomic E-state index is 0.0886. The molecule has 0 atom stereocenters. The Hall–Kier alpha value is -3.53. The lowest BCUT2D eigenvalue weighted by Crippen LogP contribution is -2.33. The molecule has 234 valence electrons. The molecule has 0 unspecified atom stereocenters. The van der Waals surface area contributed by atoms with E-state index in [1.807, 2.05) is 0 Å². The van der Waals surface area contributed by atoms with Crippen molar-refractivity contribution in [3.05, 3.63) is 77.9 Å². The summed E-state index contributed by atoms with van der Waals surface area (Å²) in [4.78, 5) is 17.0. The molecule has 11 nitrogen and oxygen atoms in total. The highest BCUT2D eigenvalue weighted by Crippen LogP contribution is 2.42. The topological polar surface area (TPSA) is 140 Å². The standard InChI is InChI=1S/C30H33N3O8S3/c1-31-43(35,36)40-24-12-8-22(9-13-24)30-28(26-15-14-25(20-27(26)42-30)41-44(37,38)32-2)29(34)21-6-10-23(11-7-21)39-19-18-33-16-4-3-5-17-33/h6-15,20,31-32H,3-5,16-19H2,1-2H3. The lowest BCUT2D eigenvalue weighted by Gasteiger charge is -2.26. The van der Waals surface area contributed by atoms with E-state index in [9.17, 15) is 21.6 Å². The van der Waals surface area contributed by atoms with Gasteiger partial charge in [-0.1, -0.05) is 6.42 Å². The number of carbonyl (C=O) groups is 1. The van der Waals surface area contributed by atoms with Crippen molar-refractivity contribution in [1.29, 1.82) is 0 Å². The first-order valence-electron chi connectivity index (χ1n) is 14.0. The van der Waals surface area contributed by atoms with Crippen molar-refractivity contribution >= 4 is 47.8 Å². The van der Waals surface area contributed by atoms with Gasteiger partial charge in [0.1, 0.15) is 23.9 Å². The summed E-state index contributed by atoms with van der Waals surface area (Å²) in [6, 6.07) is 18.0. The molecule has 14 heteroatoms. The molecule has 0 saturated carbocycles. The summed E-state index contributed by atoms with van der Waals surface area (Å²) < 4.78 is 68.4. The van der Waals surface area contributed by atoms with Gasteiger partial charge >= 0.3 is 20.6 Å². The van der Waals surface area contributed by atoms with Gasteiger partial charge in [0, 0.05) is 46.7 Å². The molecule has 1 aliphatic rings. The molecule has 0 radical (unpaired) electrons. The number of thiophene rings is 1. The minimum Gasteiger partial charge on any atom is -0.492 e. The van der Waals surface area contributed by atoms with E-state index in [1.165, 1.54) is 62.9 Å². The molecule has 2 heterocycles. The number of rotatable bonds is 13. The molecule has 0 bridgehead atoms. The Morgan fingerprint density at radius 1 is 0.795 bits per heavy atom. The molecular weight excluding hydrogens is 627 g/mol. The minimum atomic E-state index is -3.99. The van der Waals surface area contributed by atoms with Crippen LogP contribution in [0.1, 0.15) is 35.2 Å². The zero-order valence-electron chi connectivity index (χ0n) is 24.2. The molecule has 44 heavy (non-hydrogen) atoms. The number of fused-ring (bicyclic) bond motifs is 1. The monoisotopic (exact) mass is 659 g/mol. The van der Waals surface area contributed by atoms with Gasteiger partial charge in [-0.25, -0.2) is 0 Å². The highest BCUT2D eigenvalue weighted by atomic mass is 32.2. The van der Waals surface area contributed by atoms with Crippen molar-refractivity contribution < 1.29 is 34.7 Å². The molecule has 1 saturated heterocycles. The first-order chi connectivity index (χ1) is 21.1. The number of hydrogen-bond acceptors (Lipinski definition) is 10. The van der Waals surface area contributed by atoms with E-state index in [0.717, 1.165) is 19.6 Å². The molecule has 1 aromatic heterocycles. The van der Waals surface area contributed by atoms with Crippen molar-refractivity contribution in [3.8, 4) is 27.7 Å².